The van der Waals surface area contributed by atoms with Crippen molar-refractivity contribution in [2.75, 3.05) is 38.1 Å². The third kappa shape index (κ3) is 5.42. The van der Waals surface area contributed by atoms with Crippen LogP contribution in [0.5, 0.6) is 5.75 Å². The molecule has 4 rings (SSSR count). The summed E-state index contributed by atoms with van der Waals surface area (Å²) in [6.07, 6.45) is 1.89. The normalized spacial score (nSPS) is 16.0. The second-order valence-corrected chi connectivity index (χ2v) is 8.12. The van der Waals surface area contributed by atoms with E-state index < -0.39 is 0 Å². The number of nitrogens with one attached hydrogen (secondary N) is 1. The Labute approximate surface area is 182 Å². The van der Waals surface area contributed by atoms with Crippen LogP contribution >= 0.6 is 0 Å². The first-order valence-electron chi connectivity index (χ1n) is 10.7. The van der Waals surface area contributed by atoms with Gasteiger partial charge in [0.05, 0.1) is 0 Å². The Morgan fingerprint density at radius 3 is 2.32 bits per heavy atom. The summed E-state index contributed by atoms with van der Waals surface area (Å²) in [6.45, 7) is 3.88. The highest BCUT2D eigenvalue weighted by Crippen LogP contribution is 2.30. The molecule has 7 nitrogen and oxygen atoms in total. The topological polar surface area (TPSA) is 79.0 Å². The molecular weight excluding hydrogens is 394 g/mol. The summed E-state index contributed by atoms with van der Waals surface area (Å²) in [6, 6.07) is 14.6. The zero-order valence-electron chi connectivity index (χ0n) is 17.7. The van der Waals surface area contributed by atoms with Gasteiger partial charge in [-0.15, -0.1) is 0 Å². The van der Waals surface area contributed by atoms with Gasteiger partial charge in [0.2, 0.25) is 5.91 Å². The van der Waals surface area contributed by atoms with E-state index in [9.17, 15) is 14.4 Å². The number of piperazine rings is 1. The van der Waals surface area contributed by atoms with Crippen molar-refractivity contribution >= 4 is 23.4 Å². The Morgan fingerprint density at radius 2 is 1.65 bits per heavy atom. The predicted molar refractivity (Wildman–Crippen MR) is 117 cm³/mol. The van der Waals surface area contributed by atoms with E-state index in [-0.39, 0.29) is 30.2 Å². The van der Waals surface area contributed by atoms with Gasteiger partial charge >= 0.3 is 0 Å². The molecule has 0 aromatic heterocycles. The number of carbonyl (C=O) groups excluding carboxylic acids is 3. The van der Waals surface area contributed by atoms with Crippen LogP contribution in [0.25, 0.3) is 0 Å². The average molecular weight is 421 g/mol. The number of hydrogen-bond acceptors (Lipinski definition) is 4. The number of rotatable bonds is 6. The molecule has 0 radical (unpaired) electrons. The summed E-state index contributed by atoms with van der Waals surface area (Å²) >= 11 is 0. The van der Waals surface area contributed by atoms with Crippen molar-refractivity contribution in [2.45, 2.75) is 19.8 Å². The highest BCUT2D eigenvalue weighted by atomic mass is 16.5. The van der Waals surface area contributed by atoms with E-state index in [1.54, 1.807) is 34.1 Å². The molecule has 0 atom stereocenters. The summed E-state index contributed by atoms with van der Waals surface area (Å²) < 4.78 is 5.65. The zero-order chi connectivity index (χ0) is 21.8. The molecule has 0 bridgehead atoms. The summed E-state index contributed by atoms with van der Waals surface area (Å²) in [7, 11) is 0. The summed E-state index contributed by atoms with van der Waals surface area (Å²) in [5.74, 6) is 0.576. The maximum atomic E-state index is 12.6. The average Bonchev–Trinajstić information content (AvgIpc) is 3.64. The molecule has 162 valence electrons. The first kappa shape index (κ1) is 20.9. The molecule has 2 aliphatic rings. The summed E-state index contributed by atoms with van der Waals surface area (Å²) in [5, 5.41) is 2.88. The molecule has 2 aromatic rings. The quantitative estimate of drug-likeness (QED) is 0.778. The fourth-order valence-corrected chi connectivity index (χ4v) is 3.53. The van der Waals surface area contributed by atoms with Gasteiger partial charge in [-0.1, -0.05) is 23.8 Å². The van der Waals surface area contributed by atoms with Gasteiger partial charge < -0.3 is 19.9 Å². The molecule has 7 heteroatoms. The number of hydrogen-bond donors (Lipinski definition) is 1. The summed E-state index contributed by atoms with van der Waals surface area (Å²) in [5.41, 5.74) is 2.45. The molecule has 1 aliphatic heterocycles. The molecule has 1 N–H and O–H groups in total. The van der Waals surface area contributed by atoms with Crippen LogP contribution in [-0.4, -0.2) is 60.3 Å². The Balaban J connectivity index is 1.24. The minimum atomic E-state index is -0.116. The van der Waals surface area contributed by atoms with Gasteiger partial charge in [-0.2, -0.15) is 0 Å². The SMILES string of the molecule is Cc1ccc(C(=O)N2CCN(C(=O)COc3cccc(NC(=O)C4CC4)c3)CC2)cc1. The van der Waals surface area contributed by atoms with Crippen molar-refractivity contribution < 1.29 is 19.1 Å². The van der Waals surface area contributed by atoms with E-state index in [2.05, 4.69) is 5.32 Å². The fourth-order valence-electron chi connectivity index (χ4n) is 3.53. The lowest BCUT2D eigenvalue weighted by Gasteiger charge is -2.34. The zero-order valence-corrected chi connectivity index (χ0v) is 17.7. The number of ether oxygens (including phenoxy) is 1. The van der Waals surface area contributed by atoms with Gasteiger partial charge in [0.25, 0.3) is 11.8 Å². The fraction of sp³-hybridized carbons (Fsp3) is 0.375. The number of benzene rings is 2. The molecule has 2 fully saturated rings. The highest BCUT2D eigenvalue weighted by molar-refractivity contribution is 5.95. The van der Waals surface area contributed by atoms with Gasteiger partial charge in [-0.25, -0.2) is 0 Å². The first-order valence-corrected chi connectivity index (χ1v) is 10.7. The minimum Gasteiger partial charge on any atom is -0.484 e. The van der Waals surface area contributed by atoms with Crippen molar-refractivity contribution in [1.82, 2.24) is 9.80 Å². The molecule has 1 aliphatic carbocycles. The minimum absolute atomic E-state index is 0.00610. The van der Waals surface area contributed by atoms with Crippen LogP contribution in [0.4, 0.5) is 5.69 Å². The molecule has 0 spiro atoms. The van der Waals surface area contributed by atoms with Gasteiger partial charge in [-0.3, -0.25) is 14.4 Å². The molecule has 1 saturated heterocycles. The number of nitrogens with zero attached hydrogens (tertiary/aromatic N) is 2. The van der Waals surface area contributed by atoms with E-state index >= 15 is 0 Å². The van der Waals surface area contributed by atoms with Crippen LogP contribution in [-0.2, 0) is 9.59 Å². The molecule has 3 amide bonds. The van der Waals surface area contributed by atoms with Crippen LogP contribution in [0.15, 0.2) is 48.5 Å². The van der Waals surface area contributed by atoms with Crippen LogP contribution in [0.3, 0.4) is 0 Å². The van der Waals surface area contributed by atoms with Crippen LogP contribution < -0.4 is 10.1 Å². The maximum absolute atomic E-state index is 12.6. The molecule has 1 heterocycles. The molecule has 0 unspecified atom stereocenters. The molecule has 2 aromatic carbocycles. The number of carbonyl (C=O) groups is 3. The number of aryl methyl sites for hydroxylation is 1. The van der Waals surface area contributed by atoms with Crippen molar-refractivity contribution in [3.05, 3.63) is 59.7 Å². The molecule has 1 saturated carbocycles. The lowest BCUT2D eigenvalue weighted by atomic mass is 10.1. The third-order valence-corrected chi connectivity index (χ3v) is 5.63. The van der Waals surface area contributed by atoms with E-state index in [1.807, 2.05) is 31.2 Å². The smallest absolute Gasteiger partial charge is 0.260 e. The Kier molecular flexibility index (Phi) is 6.21. The third-order valence-electron chi connectivity index (χ3n) is 5.63. The van der Waals surface area contributed by atoms with E-state index in [0.29, 0.717) is 43.2 Å². The van der Waals surface area contributed by atoms with E-state index in [1.165, 1.54) is 0 Å². The lowest BCUT2D eigenvalue weighted by molar-refractivity contribution is -0.134. The predicted octanol–water partition coefficient (Wildman–Crippen LogP) is 2.71. The second kappa shape index (κ2) is 9.20. The van der Waals surface area contributed by atoms with Crippen LogP contribution in [0.1, 0.15) is 28.8 Å². The van der Waals surface area contributed by atoms with Crippen molar-refractivity contribution in [1.29, 1.82) is 0 Å². The molecule has 31 heavy (non-hydrogen) atoms. The van der Waals surface area contributed by atoms with Gasteiger partial charge in [0, 0.05) is 49.4 Å². The monoisotopic (exact) mass is 421 g/mol. The lowest BCUT2D eigenvalue weighted by Crippen LogP contribution is -2.51. The largest absolute Gasteiger partial charge is 0.484 e. The Morgan fingerprint density at radius 1 is 0.968 bits per heavy atom. The molecular formula is C24H27N3O4. The summed E-state index contributed by atoms with van der Waals surface area (Å²) in [4.78, 5) is 40.6. The standard InChI is InChI=1S/C24H27N3O4/c1-17-5-7-19(8-6-17)24(30)27-13-11-26(12-14-27)22(28)16-31-21-4-2-3-20(15-21)25-23(29)18-9-10-18/h2-8,15,18H,9-14,16H2,1H3,(H,25,29). The van der Waals surface area contributed by atoms with Crippen LogP contribution in [0, 0.1) is 12.8 Å². The van der Waals surface area contributed by atoms with E-state index in [4.69, 9.17) is 4.74 Å². The van der Waals surface area contributed by atoms with Gasteiger partial charge in [-0.05, 0) is 44.0 Å². The van der Waals surface area contributed by atoms with Gasteiger partial charge in [0.1, 0.15) is 5.75 Å². The van der Waals surface area contributed by atoms with Crippen molar-refractivity contribution in [3.63, 3.8) is 0 Å². The first-order chi connectivity index (χ1) is 15.0. The Hall–Kier alpha value is -3.35. The van der Waals surface area contributed by atoms with Gasteiger partial charge in [0.15, 0.2) is 6.61 Å². The maximum Gasteiger partial charge on any atom is 0.260 e. The Bertz CT molecular complexity index is 961. The van der Waals surface area contributed by atoms with Crippen molar-refractivity contribution in [2.24, 2.45) is 5.92 Å². The highest BCUT2D eigenvalue weighted by Gasteiger charge is 2.29. The van der Waals surface area contributed by atoms with Crippen molar-refractivity contribution in [3.8, 4) is 5.75 Å². The van der Waals surface area contributed by atoms with E-state index in [0.717, 1.165) is 18.4 Å². The second-order valence-electron chi connectivity index (χ2n) is 8.12. The van der Waals surface area contributed by atoms with Crippen LogP contribution in [0.2, 0.25) is 0 Å². The number of amides is 3. The number of anilines is 1.